The second-order valence-electron chi connectivity index (χ2n) is 4.04. The van der Waals surface area contributed by atoms with Crippen molar-refractivity contribution in [2.24, 2.45) is 0 Å². The molecule has 1 atom stereocenters. The Morgan fingerprint density at radius 1 is 1.25 bits per heavy atom. The summed E-state index contributed by atoms with van der Waals surface area (Å²) in [5, 5.41) is 2.70. The number of hydrogen-bond acceptors (Lipinski definition) is 3. The molecular formula is C14H12Br2N2O2. The van der Waals surface area contributed by atoms with Crippen molar-refractivity contribution in [2.45, 2.75) is 13.0 Å². The summed E-state index contributed by atoms with van der Waals surface area (Å²) < 4.78 is 7.27. The van der Waals surface area contributed by atoms with Crippen LogP contribution < -0.4 is 10.1 Å². The fourth-order valence-electron chi connectivity index (χ4n) is 1.46. The van der Waals surface area contributed by atoms with Crippen molar-refractivity contribution < 1.29 is 9.53 Å². The van der Waals surface area contributed by atoms with E-state index in [1.54, 1.807) is 25.3 Å². The lowest BCUT2D eigenvalue weighted by molar-refractivity contribution is -0.122. The molecule has 0 fully saturated rings. The molecule has 0 aliphatic carbocycles. The molecule has 20 heavy (non-hydrogen) atoms. The number of rotatable bonds is 4. The predicted octanol–water partition coefficient (Wildman–Crippen LogP) is 4.01. The topological polar surface area (TPSA) is 51.2 Å². The second-order valence-corrected chi connectivity index (χ2v) is 5.81. The van der Waals surface area contributed by atoms with Gasteiger partial charge in [0.15, 0.2) is 6.10 Å². The number of halogens is 2. The van der Waals surface area contributed by atoms with E-state index in [0.29, 0.717) is 11.6 Å². The van der Waals surface area contributed by atoms with Crippen molar-refractivity contribution in [1.82, 2.24) is 4.98 Å². The van der Waals surface area contributed by atoms with Crippen LogP contribution in [-0.4, -0.2) is 17.0 Å². The molecule has 0 spiro atoms. The van der Waals surface area contributed by atoms with Crippen LogP contribution in [0.5, 0.6) is 5.75 Å². The Bertz CT molecular complexity index is 602. The van der Waals surface area contributed by atoms with E-state index >= 15 is 0 Å². The number of carbonyl (C=O) groups excluding carboxylic acids is 1. The summed E-state index contributed by atoms with van der Waals surface area (Å²) in [5.41, 5.74) is 0. The van der Waals surface area contributed by atoms with E-state index in [1.807, 2.05) is 24.3 Å². The van der Waals surface area contributed by atoms with Gasteiger partial charge in [-0.2, -0.15) is 0 Å². The van der Waals surface area contributed by atoms with Gasteiger partial charge in [-0.15, -0.1) is 0 Å². The lowest BCUT2D eigenvalue weighted by atomic mass is 10.3. The Hall–Kier alpha value is -1.40. The highest BCUT2D eigenvalue weighted by atomic mass is 79.9. The Morgan fingerprint density at radius 2 is 2.00 bits per heavy atom. The van der Waals surface area contributed by atoms with E-state index in [9.17, 15) is 4.79 Å². The lowest BCUT2D eigenvalue weighted by Crippen LogP contribution is -2.30. The van der Waals surface area contributed by atoms with Gasteiger partial charge in [0, 0.05) is 10.7 Å². The monoisotopic (exact) mass is 398 g/mol. The van der Waals surface area contributed by atoms with Crippen LogP contribution in [0.1, 0.15) is 6.92 Å². The Morgan fingerprint density at radius 3 is 2.65 bits per heavy atom. The number of pyridine rings is 1. The molecule has 2 aromatic rings. The highest BCUT2D eigenvalue weighted by Gasteiger charge is 2.16. The largest absolute Gasteiger partial charge is 0.480 e. The first-order valence-electron chi connectivity index (χ1n) is 5.90. The maximum atomic E-state index is 12.0. The Kier molecular flexibility index (Phi) is 5.14. The number of carbonyl (C=O) groups is 1. The van der Waals surface area contributed by atoms with Crippen molar-refractivity contribution >= 4 is 43.6 Å². The highest BCUT2D eigenvalue weighted by molar-refractivity contribution is 9.10. The summed E-state index contributed by atoms with van der Waals surface area (Å²) in [5.74, 6) is 0.857. The molecule has 0 radical (unpaired) electrons. The van der Waals surface area contributed by atoms with Crippen LogP contribution in [-0.2, 0) is 4.79 Å². The molecule has 0 saturated heterocycles. The Labute approximate surface area is 133 Å². The van der Waals surface area contributed by atoms with Crippen LogP contribution in [0, 0.1) is 0 Å². The minimum atomic E-state index is -0.626. The standard InChI is InChI=1S/C14H12Br2N2O2/c1-9(20-12-5-3-2-4-11(12)16)14(19)18-13-7-6-10(15)8-17-13/h2-9H,1H3,(H,17,18,19). The van der Waals surface area contributed by atoms with Crippen LogP contribution in [0.3, 0.4) is 0 Å². The third-order valence-electron chi connectivity index (χ3n) is 2.49. The van der Waals surface area contributed by atoms with Gasteiger partial charge in [0.25, 0.3) is 5.91 Å². The summed E-state index contributed by atoms with van der Waals surface area (Å²) in [6, 6.07) is 10.9. The molecule has 1 aromatic carbocycles. The van der Waals surface area contributed by atoms with Gasteiger partial charge in [-0.05, 0) is 63.0 Å². The van der Waals surface area contributed by atoms with Crippen molar-refractivity contribution in [3.8, 4) is 5.75 Å². The fourth-order valence-corrected chi connectivity index (χ4v) is 2.07. The van der Waals surface area contributed by atoms with E-state index in [1.165, 1.54) is 0 Å². The number of nitrogens with one attached hydrogen (secondary N) is 1. The van der Waals surface area contributed by atoms with Gasteiger partial charge in [-0.3, -0.25) is 4.79 Å². The molecule has 104 valence electrons. The molecule has 0 bridgehead atoms. The number of anilines is 1. The third-order valence-corrected chi connectivity index (χ3v) is 3.61. The van der Waals surface area contributed by atoms with E-state index in [2.05, 4.69) is 42.2 Å². The van der Waals surface area contributed by atoms with Crippen LogP contribution in [0.25, 0.3) is 0 Å². The quantitative estimate of drug-likeness (QED) is 0.844. The average molecular weight is 400 g/mol. The van der Waals surface area contributed by atoms with Gasteiger partial charge in [0.2, 0.25) is 0 Å². The minimum absolute atomic E-state index is 0.254. The molecule has 1 N–H and O–H groups in total. The molecule has 0 aliphatic rings. The maximum absolute atomic E-state index is 12.0. The van der Waals surface area contributed by atoms with Gasteiger partial charge in [-0.1, -0.05) is 12.1 Å². The molecule has 1 aromatic heterocycles. The number of ether oxygens (including phenoxy) is 1. The molecular weight excluding hydrogens is 388 g/mol. The number of amides is 1. The number of benzene rings is 1. The third kappa shape index (κ3) is 4.05. The summed E-state index contributed by atoms with van der Waals surface area (Å²) in [7, 11) is 0. The van der Waals surface area contributed by atoms with Crippen molar-refractivity contribution in [1.29, 1.82) is 0 Å². The van der Waals surface area contributed by atoms with Gasteiger partial charge < -0.3 is 10.1 Å². The van der Waals surface area contributed by atoms with E-state index < -0.39 is 6.10 Å². The highest BCUT2D eigenvalue weighted by Crippen LogP contribution is 2.25. The fraction of sp³-hybridized carbons (Fsp3) is 0.143. The summed E-state index contributed by atoms with van der Waals surface area (Å²) in [6.45, 7) is 1.69. The maximum Gasteiger partial charge on any atom is 0.266 e. The number of para-hydroxylation sites is 1. The molecule has 0 saturated carbocycles. The molecule has 6 heteroatoms. The lowest BCUT2D eigenvalue weighted by Gasteiger charge is -2.15. The normalized spacial score (nSPS) is 11.8. The van der Waals surface area contributed by atoms with Crippen molar-refractivity contribution in [3.05, 3.63) is 51.5 Å². The van der Waals surface area contributed by atoms with Crippen LogP contribution in [0.15, 0.2) is 51.5 Å². The van der Waals surface area contributed by atoms with Crippen LogP contribution in [0.4, 0.5) is 5.82 Å². The van der Waals surface area contributed by atoms with Gasteiger partial charge >= 0.3 is 0 Å². The summed E-state index contributed by atoms with van der Waals surface area (Å²) >= 11 is 6.66. The van der Waals surface area contributed by atoms with Gasteiger partial charge in [0.1, 0.15) is 11.6 Å². The van der Waals surface area contributed by atoms with Gasteiger partial charge in [0.05, 0.1) is 4.47 Å². The molecule has 4 nitrogen and oxygen atoms in total. The first-order chi connectivity index (χ1) is 9.56. The zero-order chi connectivity index (χ0) is 14.5. The first kappa shape index (κ1) is 15.0. The van der Waals surface area contributed by atoms with E-state index in [0.717, 1.165) is 8.95 Å². The van der Waals surface area contributed by atoms with E-state index in [4.69, 9.17) is 4.74 Å². The van der Waals surface area contributed by atoms with Crippen LogP contribution >= 0.6 is 31.9 Å². The molecule has 0 aliphatic heterocycles. The summed E-state index contributed by atoms with van der Waals surface area (Å²) in [6.07, 6.45) is 0.994. The predicted molar refractivity (Wildman–Crippen MR) is 84.8 cm³/mol. The smallest absolute Gasteiger partial charge is 0.266 e. The minimum Gasteiger partial charge on any atom is -0.480 e. The van der Waals surface area contributed by atoms with Crippen molar-refractivity contribution in [2.75, 3.05) is 5.32 Å². The molecule has 1 heterocycles. The molecule has 1 unspecified atom stereocenters. The zero-order valence-corrected chi connectivity index (χ0v) is 13.8. The first-order valence-corrected chi connectivity index (χ1v) is 7.48. The number of nitrogens with zero attached hydrogens (tertiary/aromatic N) is 1. The molecule has 2 rings (SSSR count). The number of hydrogen-bond donors (Lipinski definition) is 1. The number of aromatic nitrogens is 1. The second kappa shape index (κ2) is 6.85. The average Bonchev–Trinajstić information content (AvgIpc) is 2.44. The van der Waals surface area contributed by atoms with Crippen molar-refractivity contribution in [3.63, 3.8) is 0 Å². The van der Waals surface area contributed by atoms with Crippen LogP contribution in [0.2, 0.25) is 0 Å². The molecule has 1 amide bonds. The summed E-state index contributed by atoms with van der Waals surface area (Å²) in [4.78, 5) is 16.1. The SMILES string of the molecule is CC(Oc1ccccc1Br)C(=O)Nc1ccc(Br)cn1. The zero-order valence-electron chi connectivity index (χ0n) is 10.6. The van der Waals surface area contributed by atoms with Gasteiger partial charge in [-0.25, -0.2) is 4.98 Å². The van der Waals surface area contributed by atoms with E-state index in [-0.39, 0.29) is 5.91 Å². The Balaban J connectivity index is 1.99.